The van der Waals surface area contributed by atoms with E-state index in [1.54, 1.807) is 24.3 Å². The molecule has 2 aromatic carbocycles. The molecule has 0 N–H and O–H groups in total. The monoisotopic (exact) mass is 318 g/mol. The van der Waals surface area contributed by atoms with Crippen LogP contribution in [0.25, 0.3) is 0 Å². The van der Waals surface area contributed by atoms with E-state index in [0.717, 1.165) is 36.6 Å². The van der Waals surface area contributed by atoms with Gasteiger partial charge >= 0.3 is 0 Å². The highest BCUT2D eigenvalue weighted by atomic mass is 19.1. The molecule has 2 rings (SSSR count). The van der Waals surface area contributed by atoms with Crippen molar-refractivity contribution < 1.29 is 18.3 Å². The summed E-state index contributed by atoms with van der Waals surface area (Å²) in [6.07, 6.45) is 1.64. The number of halogens is 2. The van der Waals surface area contributed by atoms with Crippen LogP contribution in [0.4, 0.5) is 8.78 Å². The average molecular weight is 318 g/mol. The van der Waals surface area contributed by atoms with Crippen molar-refractivity contribution in [1.82, 2.24) is 0 Å². The molecular weight excluding hydrogens is 298 g/mol. The highest BCUT2D eigenvalue weighted by molar-refractivity contribution is 5.97. The molecule has 0 saturated carbocycles. The van der Waals surface area contributed by atoms with Crippen LogP contribution >= 0.6 is 0 Å². The van der Waals surface area contributed by atoms with Crippen LogP contribution in [-0.2, 0) is 6.61 Å². The third-order valence-electron chi connectivity index (χ3n) is 3.88. The Balaban J connectivity index is 2.03. The highest BCUT2D eigenvalue weighted by Crippen LogP contribution is 2.20. The number of carbonyl (C=O) groups is 1. The van der Waals surface area contributed by atoms with Gasteiger partial charge in [-0.3, -0.25) is 4.79 Å². The third-order valence-corrected chi connectivity index (χ3v) is 3.88. The maximum absolute atomic E-state index is 13.5. The zero-order valence-electron chi connectivity index (χ0n) is 13.3. The van der Waals surface area contributed by atoms with Gasteiger partial charge in [0, 0.05) is 17.5 Å². The lowest BCUT2D eigenvalue weighted by Crippen LogP contribution is -2.13. The summed E-state index contributed by atoms with van der Waals surface area (Å²) < 4.78 is 31.8. The Bertz CT molecular complexity index is 662. The third kappa shape index (κ3) is 4.38. The summed E-state index contributed by atoms with van der Waals surface area (Å²) in [5, 5.41) is 0. The second-order valence-corrected chi connectivity index (χ2v) is 5.44. The molecule has 0 aromatic heterocycles. The smallest absolute Gasteiger partial charge is 0.165 e. The van der Waals surface area contributed by atoms with E-state index < -0.39 is 11.6 Å². The summed E-state index contributed by atoms with van der Waals surface area (Å²) in [4.78, 5) is 12.3. The molecule has 0 bridgehead atoms. The number of ketones is 1. The van der Waals surface area contributed by atoms with Gasteiger partial charge in [-0.25, -0.2) is 8.78 Å². The molecule has 4 heteroatoms. The fraction of sp³-hybridized carbons (Fsp3) is 0.316. The molecule has 2 nitrogen and oxygen atoms in total. The summed E-state index contributed by atoms with van der Waals surface area (Å²) in [6, 6.07) is 10.1. The van der Waals surface area contributed by atoms with Crippen LogP contribution < -0.4 is 4.74 Å². The van der Waals surface area contributed by atoms with E-state index in [-0.39, 0.29) is 24.1 Å². The van der Waals surface area contributed by atoms with Crippen molar-refractivity contribution in [3.8, 4) is 5.75 Å². The molecule has 0 aliphatic heterocycles. The standard InChI is InChI=1S/C19H20F2O2/c1-3-14(4-2)19(22)15-7-5-13(6-8-15)12-23-18-11-16(20)9-10-17(18)21/h5-11,14H,3-4,12H2,1-2H3. The summed E-state index contributed by atoms with van der Waals surface area (Å²) in [7, 11) is 0. The van der Waals surface area contributed by atoms with Crippen molar-refractivity contribution in [3.05, 3.63) is 65.2 Å². The molecule has 0 saturated heterocycles. The van der Waals surface area contributed by atoms with Crippen molar-refractivity contribution in [2.45, 2.75) is 33.3 Å². The normalized spacial score (nSPS) is 10.8. The first-order valence-corrected chi connectivity index (χ1v) is 7.76. The Hall–Kier alpha value is -2.23. The lowest BCUT2D eigenvalue weighted by atomic mass is 9.93. The van der Waals surface area contributed by atoms with Crippen LogP contribution in [0.1, 0.15) is 42.6 Å². The van der Waals surface area contributed by atoms with Crippen molar-refractivity contribution in [2.75, 3.05) is 0 Å². The van der Waals surface area contributed by atoms with E-state index in [4.69, 9.17) is 4.74 Å². The Labute approximate surface area is 135 Å². The maximum atomic E-state index is 13.5. The molecular formula is C19H20F2O2. The average Bonchev–Trinajstić information content (AvgIpc) is 2.57. The number of benzene rings is 2. The molecule has 0 atom stereocenters. The predicted octanol–water partition coefficient (Wildman–Crippen LogP) is 5.16. The number of Topliss-reactive ketones (excluding diaryl/α,β-unsaturated/α-hetero) is 1. The zero-order chi connectivity index (χ0) is 16.8. The number of hydrogen-bond donors (Lipinski definition) is 0. The molecule has 0 radical (unpaired) electrons. The summed E-state index contributed by atoms with van der Waals surface area (Å²) in [5.74, 6) is -1.10. The molecule has 122 valence electrons. The first-order valence-electron chi connectivity index (χ1n) is 7.76. The van der Waals surface area contributed by atoms with Gasteiger partial charge < -0.3 is 4.74 Å². The van der Waals surface area contributed by atoms with Crippen LogP contribution in [0, 0.1) is 17.6 Å². The Kier molecular flexibility index (Phi) is 5.85. The second kappa shape index (κ2) is 7.86. The lowest BCUT2D eigenvalue weighted by molar-refractivity contribution is 0.0913. The summed E-state index contributed by atoms with van der Waals surface area (Å²) >= 11 is 0. The van der Waals surface area contributed by atoms with Gasteiger partial charge in [0.25, 0.3) is 0 Å². The van der Waals surface area contributed by atoms with Crippen molar-refractivity contribution in [1.29, 1.82) is 0 Å². The van der Waals surface area contributed by atoms with E-state index >= 15 is 0 Å². The van der Waals surface area contributed by atoms with Gasteiger partial charge in [0.15, 0.2) is 17.3 Å². The Morgan fingerprint density at radius 1 is 1.04 bits per heavy atom. The van der Waals surface area contributed by atoms with E-state index in [0.29, 0.717) is 5.56 Å². The molecule has 0 fully saturated rings. The highest BCUT2D eigenvalue weighted by Gasteiger charge is 2.16. The molecule has 0 heterocycles. The molecule has 0 aliphatic carbocycles. The Morgan fingerprint density at radius 2 is 1.70 bits per heavy atom. The van der Waals surface area contributed by atoms with Gasteiger partial charge in [-0.15, -0.1) is 0 Å². The predicted molar refractivity (Wildman–Crippen MR) is 85.5 cm³/mol. The van der Waals surface area contributed by atoms with E-state index in [9.17, 15) is 13.6 Å². The molecule has 2 aromatic rings. The first-order chi connectivity index (χ1) is 11.0. The maximum Gasteiger partial charge on any atom is 0.165 e. The fourth-order valence-electron chi connectivity index (χ4n) is 2.41. The quantitative estimate of drug-likeness (QED) is 0.659. The molecule has 0 aliphatic rings. The van der Waals surface area contributed by atoms with Crippen molar-refractivity contribution in [2.24, 2.45) is 5.92 Å². The minimum atomic E-state index is -0.605. The zero-order valence-corrected chi connectivity index (χ0v) is 13.3. The van der Waals surface area contributed by atoms with Gasteiger partial charge in [0.1, 0.15) is 12.4 Å². The van der Waals surface area contributed by atoms with Crippen LogP contribution in [0.3, 0.4) is 0 Å². The van der Waals surface area contributed by atoms with Gasteiger partial charge in [0.2, 0.25) is 0 Å². The number of hydrogen-bond acceptors (Lipinski definition) is 2. The topological polar surface area (TPSA) is 26.3 Å². The number of ether oxygens (including phenoxy) is 1. The lowest BCUT2D eigenvalue weighted by Gasteiger charge is -2.12. The van der Waals surface area contributed by atoms with E-state index in [1.165, 1.54) is 0 Å². The van der Waals surface area contributed by atoms with Gasteiger partial charge in [-0.2, -0.15) is 0 Å². The largest absolute Gasteiger partial charge is 0.486 e. The van der Waals surface area contributed by atoms with Crippen LogP contribution in [0.5, 0.6) is 5.75 Å². The fourth-order valence-corrected chi connectivity index (χ4v) is 2.41. The minimum absolute atomic E-state index is 0.0403. The SMILES string of the molecule is CCC(CC)C(=O)c1ccc(COc2cc(F)ccc2F)cc1. The van der Waals surface area contributed by atoms with E-state index in [1.807, 2.05) is 13.8 Å². The minimum Gasteiger partial charge on any atom is -0.486 e. The molecule has 0 spiro atoms. The summed E-state index contributed by atoms with van der Waals surface area (Å²) in [6.45, 7) is 4.11. The Morgan fingerprint density at radius 3 is 2.30 bits per heavy atom. The number of rotatable bonds is 7. The molecule has 0 unspecified atom stereocenters. The second-order valence-electron chi connectivity index (χ2n) is 5.44. The van der Waals surface area contributed by atoms with Gasteiger partial charge in [0.05, 0.1) is 0 Å². The number of carbonyl (C=O) groups excluding carboxylic acids is 1. The van der Waals surface area contributed by atoms with Gasteiger partial charge in [-0.1, -0.05) is 38.1 Å². The van der Waals surface area contributed by atoms with Crippen molar-refractivity contribution in [3.63, 3.8) is 0 Å². The van der Waals surface area contributed by atoms with Crippen LogP contribution in [-0.4, -0.2) is 5.78 Å². The van der Waals surface area contributed by atoms with Crippen LogP contribution in [0.2, 0.25) is 0 Å². The molecule has 0 amide bonds. The first kappa shape index (κ1) is 17.1. The van der Waals surface area contributed by atoms with Crippen molar-refractivity contribution >= 4 is 5.78 Å². The van der Waals surface area contributed by atoms with Gasteiger partial charge in [-0.05, 0) is 30.5 Å². The summed E-state index contributed by atoms with van der Waals surface area (Å²) in [5.41, 5.74) is 1.45. The van der Waals surface area contributed by atoms with Crippen LogP contribution in [0.15, 0.2) is 42.5 Å². The van der Waals surface area contributed by atoms with E-state index in [2.05, 4.69) is 0 Å². The molecule has 23 heavy (non-hydrogen) atoms.